The predicted octanol–water partition coefficient (Wildman–Crippen LogP) is 5.83. The number of guanidine groups is 1. The van der Waals surface area contributed by atoms with Gasteiger partial charge in [-0.2, -0.15) is 8.42 Å². The summed E-state index contributed by atoms with van der Waals surface area (Å²) in [5.41, 5.74) is 3.96. The van der Waals surface area contributed by atoms with E-state index in [4.69, 9.17) is 19.4 Å². The first-order valence-electron chi connectivity index (χ1n) is 11.7. The highest BCUT2D eigenvalue weighted by Crippen LogP contribution is 2.21. The zero-order chi connectivity index (χ0) is 27.4. The first-order chi connectivity index (χ1) is 18.2. The minimum atomic E-state index is -3.67. The molecule has 0 radical (unpaired) electrons. The van der Waals surface area contributed by atoms with E-state index in [1.54, 1.807) is 4.90 Å². The van der Waals surface area contributed by atoms with Crippen LogP contribution in [0.15, 0.2) is 109 Å². The number of ether oxygens (including phenoxy) is 2. The second-order valence-electron chi connectivity index (χ2n) is 8.33. The Kier molecular flexibility index (Phi) is 10.3. The minimum Gasteiger partial charge on any atom is -0.489 e. The molecule has 4 aromatic carbocycles. The summed E-state index contributed by atoms with van der Waals surface area (Å²) in [6.07, 6.45) is 0.715. The van der Waals surface area contributed by atoms with Crippen LogP contribution in [-0.2, 0) is 23.3 Å². The van der Waals surface area contributed by atoms with Gasteiger partial charge >= 0.3 is 0 Å². The van der Waals surface area contributed by atoms with Crippen molar-refractivity contribution in [3.05, 3.63) is 120 Å². The molecular weight excluding hydrogens is 502 g/mol. The van der Waals surface area contributed by atoms with Gasteiger partial charge in [0.05, 0.1) is 6.26 Å². The second kappa shape index (κ2) is 13.8. The van der Waals surface area contributed by atoms with Gasteiger partial charge in [0.1, 0.15) is 24.7 Å². The van der Waals surface area contributed by atoms with Gasteiger partial charge < -0.3 is 19.7 Å². The van der Waals surface area contributed by atoms with E-state index in [1.165, 1.54) is 0 Å². The summed E-state index contributed by atoms with van der Waals surface area (Å²) in [6.45, 7) is 1.05. The van der Waals surface area contributed by atoms with Crippen molar-refractivity contribution in [2.24, 2.45) is 0 Å². The van der Waals surface area contributed by atoms with E-state index < -0.39 is 10.1 Å². The molecule has 38 heavy (non-hydrogen) atoms. The maximum Gasteiger partial charge on any atom is 0.261 e. The van der Waals surface area contributed by atoms with Gasteiger partial charge in [-0.1, -0.05) is 60.7 Å². The molecule has 0 aliphatic heterocycles. The third-order valence-corrected chi connectivity index (χ3v) is 5.17. The Bertz CT molecular complexity index is 1370. The molecule has 0 amide bonds. The number of anilines is 2. The maximum atomic E-state index is 9.19. The van der Waals surface area contributed by atoms with Crippen molar-refractivity contribution in [2.45, 2.75) is 13.2 Å². The molecule has 0 aliphatic carbocycles. The monoisotopic (exact) mass is 533 g/mol. The Morgan fingerprint density at radius 3 is 1.58 bits per heavy atom. The summed E-state index contributed by atoms with van der Waals surface area (Å²) in [7, 11) is -1.81. The van der Waals surface area contributed by atoms with E-state index in [0.29, 0.717) is 19.5 Å². The van der Waals surface area contributed by atoms with Crippen LogP contribution in [0, 0.1) is 5.41 Å². The quantitative estimate of drug-likeness (QED) is 0.148. The molecule has 4 rings (SSSR count). The highest BCUT2D eigenvalue weighted by Gasteiger charge is 2.08. The Morgan fingerprint density at radius 2 is 1.16 bits per heavy atom. The van der Waals surface area contributed by atoms with Crippen LogP contribution < -0.4 is 19.7 Å². The van der Waals surface area contributed by atoms with Crippen LogP contribution in [0.5, 0.6) is 11.5 Å². The van der Waals surface area contributed by atoms with E-state index in [-0.39, 0.29) is 5.96 Å². The molecule has 0 bridgehead atoms. The van der Waals surface area contributed by atoms with Crippen molar-refractivity contribution in [1.82, 2.24) is 0 Å². The normalized spacial score (nSPS) is 10.5. The molecule has 0 atom stereocenters. The van der Waals surface area contributed by atoms with E-state index in [1.807, 2.05) is 116 Å². The molecule has 0 saturated heterocycles. The highest BCUT2D eigenvalue weighted by atomic mass is 32.2. The van der Waals surface area contributed by atoms with Crippen LogP contribution in [0.4, 0.5) is 11.4 Å². The lowest BCUT2D eigenvalue weighted by molar-refractivity contribution is 0.306. The van der Waals surface area contributed by atoms with Crippen LogP contribution >= 0.6 is 0 Å². The summed E-state index contributed by atoms with van der Waals surface area (Å²) < 4.78 is 37.5. The van der Waals surface area contributed by atoms with Crippen LogP contribution in [0.1, 0.15) is 11.1 Å². The lowest BCUT2D eigenvalue weighted by Crippen LogP contribution is -2.31. The zero-order valence-electron chi connectivity index (χ0n) is 21.2. The second-order valence-corrected chi connectivity index (χ2v) is 9.80. The van der Waals surface area contributed by atoms with E-state index in [0.717, 1.165) is 34.0 Å². The van der Waals surface area contributed by atoms with Crippen molar-refractivity contribution in [1.29, 1.82) is 5.41 Å². The molecule has 0 spiro atoms. The fourth-order valence-electron chi connectivity index (χ4n) is 3.23. The molecule has 198 valence electrons. The lowest BCUT2D eigenvalue weighted by Gasteiger charge is -2.21. The average molecular weight is 534 g/mol. The SMILES string of the molecule is CN(C(=N)Nc1ccc(OCc2ccccc2)cc1)c1ccc(OCc2ccccc2)cc1.CS(=O)(=O)O. The number of hydrogen-bond donors (Lipinski definition) is 3. The molecule has 0 fully saturated rings. The number of nitrogens with zero attached hydrogens (tertiary/aromatic N) is 1. The maximum absolute atomic E-state index is 9.19. The Hall–Kier alpha value is -4.34. The van der Waals surface area contributed by atoms with Gasteiger partial charge in [0.2, 0.25) is 0 Å². The Balaban J connectivity index is 0.000000732. The molecule has 0 aliphatic rings. The van der Waals surface area contributed by atoms with Gasteiger partial charge in [0.25, 0.3) is 10.1 Å². The average Bonchev–Trinajstić information content (AvgIpc) is 2.91. The molecule has 3 N–H and O–H groups in total. The van der Waals surface area contributed by atoms with Gasteiger partial charge in [-0.25, -0.2) is 0 Å². The van der Waals surface area contributed by atoms with Crippen LogP contribution in [0.3, 0.4) is 0 Å². The van der Waals surface area contributed by atoms with Crippen molar-refractivity contribution >= 4 is 27.5 Å². The van der Waals surface area contributed by atoms with Crippen LogP contribution in [0.25, 0.3) is 0 Å². The smallest absolute Gasteiger partial charge is 0.261 e. The summed E-state index contributed by atoms with van der Waals surface area (Å²) in [4.78, 5) is 1.78. The van der Waals surface area contributed by atoms with Gasteiger partial charge in [0, 0.05) is 18.4 Å². The zero-order valence-corrected chi connectivity index (χ0v) is 22.1. The van der Waals surface area contributed by atoms with E-state index in [2.05, 4.69) is 5.32 Å². The molecule has 0 saturated carbocycles. The molecule has 8 nitrogen and oxygen atoms in total. The van der Waals surface area contributed by atoms with Crippen molar-refractivity contribution < 1.29 is 22.4 Å². The van der Waals surface area contributed by atoms with Crippen molar-refractivity contribution in [2.75, 3.05) is 23.5 Å². The van der Waals surface area contributed by atoms with Crippen molar-refractivity contribution in [3.63, 3.8) is 0 Å². The van der Waals surface area contributed by atoms with Crippen LogP contribution in [0.2, 0.25) is 0 Å². The number of nitrogens with one attached hydrogen (secondary N) is 2. The van der Waals surface area contributed by atoms with E-state index in [9.17, 15) is 8.42 Å². The first-order valence-corrected chi connectivity index (χ1v) is 13.6. The largest absolute Gasteiger partial charge is 0.489 e. The summed E-state index contributed by atoms with van der Waals surface area (Å²) in [5.74, 6) is 1.85. The van der Waals surface area contributed by atoms with E-state index >= 15 is 0 Å². The third kappa shape index (κ3) is 10.3. The van der Waals surface area contributed by atoms with Crippen LogP contribution in [-0.4, -0.2) is 32.2 Å². The highest BCUT2D eigenvalue weighted by molar-refractivity contribution is 7.85. The summed E-state index contributed by atoms with van der Waals surface area (Å²) >= 11 is 0. The molecular formula is C29H31N3O5S. The molecule has 0 unspecified atom stereocenters. The summed E-state index contributed by atoms with van der Waals surface area (Å²) in [5, 5.41) is 11.5. The molecule has 9 heteroatoms. The fraction of sp³-hybridized carbons (Fsp3) is 0.138. The Morgan fingerprint density at radius 1 is 0.763 bits per heavy atom. The Labute approximate surface area is 223 Å². The third-order valence-electron chi connectivity index (χ3n) is 5.17. The topological polar surface area (TPSA) is 112 Å². The number of hydrogen-bond acceptors (Lipinski definition) is 5. The van der Waals surface area contributed by atoms with Gasteiger partial charge in [-0.05, 0) is 59.7 Å². The predicted molar refractivity (Wildman–Crippen MR) is 152 cm³/mol. The van der Waals surface area contributed by atoms with Gasteiger partial charge in [-0.3, -0.25) is 9.96 Å². The first kappa shape index (κ1) is 28.2. The molecule has 0 heterocycles. The van der Waals surface area contributed by atoms with Gasteiger partial charge in [0.15, 0.2) is 5.96 Å². The molecule has 4 aromatic rings. The summed E-state index contributed by atoms with van der Waals surface area (Å²) in [6, 6.07) is 35.5. The standard InChI is InChI=1S/C28H27N3O2.CH4O3S/c1-31(25-14-18-27(19-15-25)33-21-23-10-6-3-7-11-23)28(29)30-24-12-16-26(17-13-24)32-20-22-8-4-2-5-9-22;1-5(2,3)4/h2-19H,20-21H2,1H3,(H2,29,30);1H3,(H,2,3,4). The van der Waals surface area contributed by atoms with Gasteiger partial charge in [-0.15, -0.1) is 0 Å². The number of rotatable bonds is 8. The lowest BCUT2D eigenvalue weighted by atomic mass is 10.2. The number of benzene rings is 4. The molecule has 0 aromatic heterocycles. The minimum absolute atomic E-state index is 0.269. The fourth-order valence-corrected chi connectivity index (χ4v) is 3.23. The van der Waals surface area contributed by atoms with Crippen molar-refractivity contribution in [3.8, 4) is 11.5 Å².